The Balaban J connectivity index is 0. The first-order valence-corrected chi connectivity index (χ1v) is 5.50. The maximum absolute atomic E-state index is 11.2. The van der Waals surface area contributed by atoms with Crippen molar-refractivity contribution >= 4 is 23.9 Å². The Labute approximate surface area is 124 Å². The second kappa shape index (κ2) is 10.1. The summed E-state index contributed by atoms with van der Waals surface area (Å²) in [4.78, 5) is 42.9. The Morgan fingerprint density at radius 2 is 1.28 bits per heavy atom. The van der Waals surface area contributed by atoms with Crippen molar-refractivity contribution in [1.82, 2.24) is 0 Å². The van der Waals surface area contributed by atoms with Crippen molar-refractivity contribution < 1.29 is 73.1 Å². The van der Waals surface area contributed by atoms with E-state index in [0.29, 0.717) is 0 Å². The molecule has 0 bridgehead atoms. The van der Waals surface area contributed by atoms with Crippen molar-refractivity contribution in [1.29, 1.82) is 0 Å². The van der Waals surface area contributed by atoms with Gasteiger partial charge >= 0.3 is 105 Å². The zero-order valence-corrected chi connectivity index (χ0v) is 12.8. The van der Waals surface area contributed by atoms with Crippen LogP contribution >= 0.6 is 0 Å². The summed E-state index contributed by atoms with van der Waals surface area (Å²) in [5.74, 6) is -3.40. The summed E-state index contributed by atoms with van der Waals surface area (Å²) >= 11 is -1.27. The molecule has 0 aliphatic carbocycles. The molecule has 8 nitrogen and oxygen atoms in total. The normalized spacial score (nSPS) is 9.11. The van der Waals surface area contributed by atoms with E-state index < -0.39 is 48.0 Å². The minimum atomic E-state index is -1.79. The Morgan fingerprint density at radius 1 is 0.833 bits per heavy atom. The van der Waals surface area contributed by atoms with Crippen molar-refractivity contribution in [2.45, 2.75) is 27.1 Å². The predicted octanol–water partition coefficient (Wildman–Crippen LogP) is -0.545. The van der Waals surface area contributed by atoms with Gasteiger partial charge in [-0.15, -0.1) is 0 Å². The molecule has 0 saturated carbocycles. The van der Waals surface area contributed by atoms with Crippen LogP contribution in [0.15, 0.2) is 0 Å². The molecule has 0 aromatic heterocycles. The summed E-state index contributed by atoms with van der Waals surface area (Å²) in [5, 5.41) is 0. The fourth-order valence-electron chi connectivity index (χ4n) is 0.534. The Morgan fingerprint density at radius 3 is 1.61 bits per heavy atom. The van der Waals surface area contributed by atoms with Crippen LogP contribution in [0.3, 0.4) is 0 Å². The van der Waals surface area contributed by atoms with Crippen LogP contribution in [0.5, 0.6) is 0 Å². The van der Waals surface area contributed by atoms with Crippen LogP contribution in [0.25, 0.3) is 0 Å². The van der Waals surface area contributed by atoms with Crippen molar-refractivity contribution in [2.75, 3.05) is 0 Å². The molecule has 0 aromatic rings. The minimum Gasteiger partial charge on any atom is 0 e. The first-order chi connectivity index (χ1) is 7.82. The van der Waals surface area contributed by atoms with Crippen LogP contribution < -0.4 is 0 Å². The molecule has 0 amide bonds. The van der Waals surface area contributed by atoms with Gasteiger partial charge in [0.2, 0.25) is 0 Å². The molecule has 0 heterocycles. The van der Waals surface area contributed by atoms with Gasteiger partial charge in [-0.1, -0.05) is 0 Å². The summed E-state index contributed by atoms with van der Waals surface area (Å²) in [6, 6.07) is 0. The van der Waals surface area contributed by atoms with Crippen molar-refractivity contribution in [3.63, 3.8) is 0 Å². The van der Waals surface area contributed by atoms with Crippen LogP contribution in [-0.4, -0.2) is 30.2 Å². The second-order valence-electron chi connectivity index (χ2n) is 2.55. The van der Waals surface area contributed by atoms with E-state index in [1.165, 1.54) is 0 Å². The molecule has 0 atom stereocenters. The summed E-state index contributed by atoms with van der Waals surface area (Å²) in [7, 11) is 0. The maximum atomic E-state index is 11.2. The Kier molecular flexibility index (Phi) is 10.9. The van der Waals surface area contributed by atoms with E-state index in [9.17, 15) is 19.2 Å². The van der Waals surface area contributed by atoms with Crippen LogP contribution in [0.1, 0.15) is 20.8 Å². The smallest absolute Gasteiger partial charge is 0 e. The van der Waals surface area contributed by atoms with E-state index in [0.717, 1.165) is 20.8 Å². The molecule has 1 radical (unpaired) electrons. The first-order valence-electron chi connectivity index (χ1n) is 4.17. The van der Waals surface area contributed by atoms with E-state index in [1.54, 1.807) is 0 Å². The van der Waals surface area contributed by atoms with Gasteiger partial charge in [0.05, 0.1) is 0 Å². The largest absolute Gasteiger partial charge is 0 e. The van der Waals surface area contributed by atoms with Crippen LogP contribution in [0.4, 0.5) is 0 Å². The molecule has 0 aliphatic rings. The van der Waals surface area contributed by atoms with Gasteiger partial charge in [-0.2, -0.15) is 0 Å². The quantitative estimate of drug-likeness (QED) is 0.319. The predicted molar refractivity (Wildman–Crippen MR) is 45.2 cm³/mol. The summed E-state index contributed by atoms with van der Waals surface area (Å²) < 4.78 is 17.6. The fourth-order valence-corrected chi connectivity index (χ4v) is 1.09. The number of carbonyl (C=O) groups is 4. The monoisotopic (exact) mass is 440 g/mol. The van der Waals surface area contributed by atoms with Crippen LogP contribution in [-0.2, 0) is 73.1 Å². The third kappa shape index (κ3) is 10.3. The van der Waals surface area contributed by atoms with Gasteiger partial charge in [-0.3, -0.25) is 0 Å². The third-order valence-electron chi connectivity index (χ3n) is 0.957. The molecule has 18 heavy (non-hydrogen) atoms. The average molecular weight is 440 g/mol. The molecule has 0 fully saturated rings. The molecule has 0 unspecified atom stereocenters. The summed E-state index contributed by atoms with van der Waals surface area (Å²) in [6.07, 6.45) is -1.79. The van der Waals surface area contributed by atoms with Crippen molar-refractivity contribution in [3.8, 4) is 0 Å². The zero-order valence-electron chi connectivity index (χ0n) is 9.51. The molecule has 108 valence electrons. The van der Waals surface area contributed by atoms with Gasteiger partial charge in [0.1, 0.15) is 0 Å². The van der Waals surface area contributed by atoms with E-state index in [-0.39, 0.29) is 19.5 Å². The fraction of sp³-hybridized carbons (Fsp3) is 0.500. The molecular weight excluding hydrogens is 430 g/mol. The minimum absolute atomic E-state index is 0. The number of hydrogen-bond donors (Lipinski definition) is 0. The second-order valence-corrected chi connectivity index (χ2v) is 3.50. The van der Waals surface area contributed by atoms with E-state index in [2.05, 4.69) is 16.6 Å². The number of ether oxygens (including phenoxy) is 2. The molecule has 0 aromatic carbocycles. The standard InChI is InChI=1S/C6H8O6.C2H4O2.2Rh/c1-3(7)11-6(5(9)10)12-4(2)8;1-2(3)4;;/h6H,1-2H3,(H,9,10);1H3,(H,3,4);;/q;;;+2/p-2. The molecule has 0 aliphatic heterocycles. The van der Waals surface area contributed by atoms with Gasteiger partial charge in [0.15, 0.2) is 0 Å². The molecule has 10 heteroatoms. The molecule has 0 spiro atoms. The summed E-state index contributed by atoms with van der Waals surface area (Å²) in [5.41, 5.74) is 0. The summed E-state index contributed by atoms with van der Waals surface area (Å²) in [6.45, 7) is 3.19. The molecule has 0 saturated heterocycles. The van der Waals surface area contributed by atoms with Crippen molar-refractivity contribution in [2.24, 2.45) is 0 Å². The third-order valence-corrected chi connectivity index (χ3v) is 2.03. The molecule has 0 N–H and O–H groups in total. The molecule has 0 rings (SSSR count). The van der Waals surface area contributed by atoms with E-state index in [1.807, 2.05) is 0 Å². The average Bonchev–Trinajstić information content (AvgIpc) is 2.14. The van der Waals surface area contributed by atoms with E-state index >= 15 is 0 Å². The van der Waals surface area contributed by atoms with Crippen LogP contribution in [0.2, 0.25) is 0 Å². The number of esters is 2. The first kappa shape index (κ1) is 19.5. The number of hydrogen-bond acceptors (Lipinski definition) is 8. The maximum Gasteiger partial charge on any atom is 0 e. The number of rotatable bonds is 5. The van der Waals surface area contributed by atoms with Gasteiger partial charge in [-0.25, -0.2) is 0 Å². The van der Waals surface area contributed by atoms with Gasteiger partial charge < -0.3 is 0 Å². The zero-order chi connectivity index (χ0) is 13.4. The van der Waals surface area contributed by atoms with Gasteiger partial charge in [0.25, 0.3) is 0 Å². The van der Waals surface area contributed by atoms with Crippen LogP contribution in [0, 0.1) is 0 Å². The molecular formula is C8H10O8Rh2. The topological polar surface area (TPSA) is 105 Å². The number of carbonyl (C=O) groups excluding carboxylic acids is 4. The van der Waals surface area contributed by atoms with E-state index in [4.69, 9.17) is 0 Å². The van der Waals surface area contributed by atoms with Crippen molar-refractivity contribution in [3.05, 3.63) is 0 Å². The SMILES string of the molecule is CC(=O)[O][Rh][O]C(=O)C(OC(C)=O)OC(C)=O.[Rh]. The Bertz CT molecular complexity index is 313. The Hall–Kier alpha value is -0.873. The van der Waals surface area contributed by atoms with Gasteiger partial charge in [0, 0.05) is 19.5 Å². The van der Waals surface area contributed by atoms with Gasteiger partial charge in [-0.05, 0) is 0 Å².